The Morgan fingerprint density at radius 3 is 2.73 bits per heavy atom. The fourth-order valence-electron chi connectivity index (χ4n) is 3.26. The number of hydrogen-bond donors (Lipinski definition) is 1. The molecule has 4 heteroatoms. The van der Waals surface area contributed by atoms with E-state index in [1.165, 1.54) is 11.1 Å². The molecule has 26 heavy (non-hydrogen) atoms. The van der Waals surface area contributed by atoms with E-state index in [2.05, 4.69) is 50.4 Å². The van der Waals surface area contributed by atoms with Crippen LogP contribution in [0.2, 0.25) is 0 Å². The molecule has 3 nitrogen and oxygen atoms in total. The van der Waals surface area contributed by atoms with Crippen molar-refractivity contribution in [1.29, 1.82) is 0 Å². The van der Waals surface area contributed by atoms with Crippen LogP contribution in [0, 0.1) is 6.92 Å². The second-order valence-electron chi connectivity index (χ2n) is 7.61. The average molecular weight is 370 g/mol. The smallest absolute Gasteiger partial charge is 0.233 e. The number of fused-ring (bicyclic) bond motifs is 1. The van der Waals surface area contributed by atoms with Crippen molar-refractivity contribution in [2.75, 3.05) is 0 Å². The molecule has 0 aromatic heterocycles. The first-order chi connectivity index (χ1) is 12.3. The van der Waals surface area contributed by atoms with Gasteiger partial charge in [0.05, 0.1) is 11.3 Å². The zero-order valence-corrected chi connectivity index (χ0v) is 16.7. The Bertz CT molecular complexity index is 773. The Labute approximate surface area is 160 Å². The molecule has 2 unspecified atom stereocenters. The fraction of sp³-hybridized carbons (Fsp3) is 0.409. The molecule has 0 radical (unpaired) electrons. The van der Waals surface area contributed by atoms with Gasteiger partial charge >= 0.3 is 0 Å². The zero-order chi connectivity index (χ0) is 18.7. The summed E-state index contributed by atoms with van der Waals surface area (Å²) in [5, 5.41) is 3.15. The van der Waals surface area contributed by atoms with Gasteiger partial charge in [0.1, 0.15) is 11.4 Å². The van der Waals surface area contributed by atoms with Gasteiger partial charge in [-0.3, -0.25) is 4.79 Å². The maximum atomic E-state index is 12.8. The molecule has 0 spiro atoms. The second-order valence-corrected chi connectivity index (χ2v) is 8.94. The largest absolute Gasteiger partial charge is 0.487 e. The molecule has 1 aliphatic rings. The van der Waals surface area contributed by atoms with E-state index < -0.39 is 0 Å². The van der Waals surface area contributed by atoms with Crippen LogP contribution in [0.4, 0.5) is 0 Å². The van der Waals surface area contributed by atoms with E-state index >= 15 is 0 Å². The third-order valence-corrected chi connectivity index (χ3v) is 5.87. The SMILES string of the molecule is Cc1ccc2c(c1)C(NC(=O)C(C)SCc1ccccc1)CC(C)(C)O2. The number of thioether (sulfide) groups is 1. The molecule has 2 aromatic carbocycles. The van der Waals surface area contributed by atoms with E-state index in [0.717, 1.165) is 23.5 Å². The summed E-state index contributed by atoms with van der Waals surface area (Å²) in [5.74, 6) is 1.80. The van der Waals surface area contributed by atoms with Crippen LogP contribution in [0.15, 0.2) is 48.5 Å². The highest BCUT2D eigenvalue weighted by Crippen LogP contribution is 2.40. The molecule has 0 saturated heterocycles. The molecule has 2 aromatic rings. The minimum absolute atomic E-state index is 0.0130. The van der Waals surface area contributed by atoms with E-state index in [1.54, 1.807) is 11.8 Å². The summed E-state index contributed by atoms with van der Waals surface area (Å²) in [7, 11) is 0. The maximum absolute atomic E-state index is 12.8. The van der Waals surface area contributed by atoms with Gasteiger partial charge in [0.2, 0.25) is 5.91 Å². The molecule has 2 atom stereocenters. The van der Waals surface area contributed by atoms with Crippen molar-refractivity contribution in [3.63, 3.8) is 0 Å². The highest BCUT2D eigenvalue weighted by molar-refractivity contribution is 7.99. The normalized spacial score (nSPS) is 19.2. The van der Waals surface area contributed by atoms with Crippen molar-refractivity contribution in [2.45, 2.75) is 56.8 Å². The molecule has 0 saturated carbocycles. The van der Waals surface area contributed by atoms with Crippen LogP contribution in [0.3, 0.4) is 0 Å². The van der Waals surface area contributed by atoms with Crippen LogP contribution in [0.1, 0.15) is 49.9 Å². The number of carbonyl (C=O) groups is 1. The number of nitrogens with one attached hydrogen (secondary N) is 1. The Balaban J connectivity index is 1.67. The number of ether oxygens (including phenoxy) is 1. The van der Waals surface area contributed by atoms with Gasteiger partial charge in [0.25, 0.3) is 0 Å². The molecule has 1 heterocycles. The summed E-state index contributed by atoms with van der Waals surface area (Å²) in [6, 6.07) is 16.4. The van der Waals surface area contributed by atoms with Crippen LogP contribution in [0.25, 0.3) is 0 Å². The monoisotopic (exact) mass is 369 g/mol. The molecule has 1 amide bonds. The highest BCUT2D eigenvalue weighted by atomic mass is 32.2. The van der Waals surface area contributed by atoms with Gasteiger partial charge in [-0.15, -0.1) is 11.8 Å². The average Bonchev–Trinajstić information content (AvgIpc) is 2.60. The predicted molar refractivity (Wildman–Crippen MR) is 109 cm³/mol. The minimum atomic E-state index is -0.291. The third kappa shape index (κ3) is 4.61. The van der Waals surface area contributed by atoms with Gasteiger partial charge in [-0.2, -0.15) is 0 Å². The van der Waals surface area contributed by atoms with Crippen LogP contribution >= 0.6 is 11.8 Å². The summed E-state index contributed by atoms with van der Waals surface area (Å²) in [6.07, 6.45) is 0.769. The first-order valence-electron chi connectivity index (χ1n) is 9.09. The van der Waals surface area contributed by atoms with Crippen LogP contribution in [0.5, 0.6) is 5.75 Å². The van der Waals surface area contributed by atoms with Gasteiger partial charge in [-0.25, -0.2) is 0 Å². The Kier molecular flexibility index (Phi) is 5.61. The third-order valence-electron chi connectivity index (χ3n) is 4.65. The number of hydrogen-bond acceptors (Lipinski definition) is 3. The summed E-state index contributed by atoms with van der Waals surface area (Å²) in [6.45, 7) is 8.19. The van der Waals surface area contributed by atoms with Gasteiger partial charge < -0.3 is 10.1 Å². The van der Waals surface area contributed by atoms with E-state index in [9.17, 15) is 4.79 Å². The van der Waals surface area contributed by atoms with Crippen LogP contribution in [-0.4, -0.2) is 16.8 Å². The summed E-state index contributed by atoms with van der Waals surface area (Å²) in [4.78, 5) is 12.8. The molecule has 3 rings (SSSR count). The highest BCUT2D eigenvalue weighted by Gasteiger charge is 2.35. The molecule has 1 aliphatic heterocycles. The summed E-state index contributed by atoms with van der Waals surface area (Å²) in [5.41, 5.74) is 3.21. The van der Waals surface area contributed by atoms with Gasteiger partial charge in [-0.05, 0) is 39.3 Å². The minimum Gasteiger partial charge on any atom is -0.487 e. The predicted octanol–water partition coefficient (Wildman–Crippen LogP) is 5.04. The molecular formula is C22H27NO2S. The second kappa shape index (κ2) is 7.75. The summed E-state index contributed by atoms with van der Waals surface area (Å²) < 4.78 is 6.10. The molecule has 0 bridgehead atoms. The van der Waals surface area contributed by atoms with Crippen LogP contribution < -0.4 is 10.1 Å². The van der Waals surface area contributed by atoms with Crippen molar-refractivity contribution in [1.82, 2.24) is 5.32 Å². The topological polar surface area (TPSA) is 38.3 Å². The number of aryl methyl sites for hydroxylation is 1. The number of amides is 1. The van der Waals surface area contributed by atoms with E-state index in [1.807, 2.05) is 31.2 Å². The number of rotatable bonds is 5. The summed E-state index contributed by atoms with van der Waals surface area (Å²) >= 11 is 1.67. The molecular weight excluding hydrogens is 342 g/mol. The van der Waals surface area contributed by atoms with Gasteiger partial charge in [-0.1, -0.05) is 48.0 Å². The van der Waals surface area contributed by atoms with Crippen molar-refractivity contribution in [2.24, 2.45) is 0 Å². The molecule has 138 valence electrons. The van der Waals surface area contributed by atoms with E-state index in [4.69, 9.17) is 4.74 Å². The van der Waals surface area contributed by atoms with E-state index in [-0.39, 0.29) is 22.8 Å². The maximum Gasteiger partial charge on any atom is 0.233 e. The molecule has 0 fully saturated rings. The number of carbonyl (C=O) groups excluding carboxylic acids is 1. The van der Waals surface area contributed by atoms with Crippen LogP contribution in [-0.2, 0) is 10.5 Å². The van der Waals surface area contributed by atoms with Crippen molar-refractivity contribution >= 4 is 17.7 Å². The Hall–Kier alpha value is -1.94. The lowest BCUT2D eigenvalue weighted by Crippen LogP contribution is -2.43. The molecule has 1 N–H and O–H groups in total. The lowest BCUT2D eigenvalue weighted by molar-refractivity contribution is -0.121. The lowest BCUT2D eigenvalue weighted by Gasteiger charge is -2.38. The quantitative estimate of drug-likeness (QED) is 0.803. The van der Waals surface area contributed by atoms with Crippen molar-refractivity contribution in [3.8, 4) is 5.75 Å². The standard InChI is InChI=1S/C22H27NO2S/c1-15-10-11-20-18(12-15)19(13-22(3,4)25-20)23-21(24)16(2)26-14-17-8-6-5-7-9-17/h5-12,16,19H,13-14H2,1-4H3,(H,23,24). The van der Waals surface area contributed by atoms with Gasteiger partial charge in [0.15, 0.2) is 0 Å². The first-order valence-corrected chi connectivity index (χ1v) is 10.1. The molecule has 0 aliphatic carbocycles. The first kappa shape index (κ1) is 18.8. The van der Waals surface area contributed by atoms with Gasteiger partial charge in [0, 0.05) is 17.7 Å². The fourth-order valence-corrected chi connectivity index (χ4v) is 4.12. The lowest BCUT2D eigenvalue weighted by atomic mass is 9.89. The number of benzene rings is 2. The zero-order valence-electron chi connectivity index (χ0n) is 15.9. The Morgan fingerprint density at radius 2 is 2.00 bits per heavy atom. The Morgan fingerprint density at radius 1 is 1.27 bits per heavy atom. The van der Waals surface area contributed by atoms with Crippen molar-refractivity contribution < 1.29 is 9.53 Å². The van der Waals surface area contributed by atoms with Crippen molar-refractivity contribution in [3.05, 3.63) is 65.2 Å². The van der Waals surface area contributed by atoms with E-state index in [0.29, 0.717) is 0 Å².